The quantitative estimate of drug-likeness (QED) is 0.631. The number of alkyl halides is 2. The Kier molecular flexibility index (Phi) is 3.68. The van der Waals surface area contributed by atoms with E-state index in [1.54, 1.807) is 0 Å². The fourth-order valence-corrected chi connectivity index (χ4v) is 3.85. The Hall–Kier alpha value is 0.960. The van der Waals surface area contributed by atoms with Crippen LogP contribution in [-0.2, 0) is 0 Å². The van der Waals surface area contributed by atoms with E-state index >= 15 is 0 Å². The maximum atomic E-state index is 3.84. The zero-order valence-electron chi connectivity index (χ0n) is 8.11. The van der Waals surface area contributed by atoms with Gasteiger partial charge in [0.2, 0.25) is 0 Å². The standard InChI is InChI=1S/C10H18Br2/c1-10(2,3)9(12)7-5-4-6-8(7)11/h7-9H,4-6H2,1-3H3. The first-order valence-corrected chi connectivity index (χ1v) is 6.54. The molecule has 0 heterocycles. The van der Waals surface area contributed by atoms with E-state index in [2.05, 4.69) is 52.6 Å². The van der Waals surface area contributed by atoms with Crippen molar-refractivity contribution in [3.05, 3.63) is 0 Å². The molecular formula is C10H18Br2. The van der Waals surface area contributed by atoms with E-state index in [4.69, 9.17) is 0 Å². The topological polar surface area (TPSA) is 0 Å². The van der Waals surface area contributed by atoms with Gasteiger partial charge in [0.05, 0.1) is 0 Å². The summed E-state index contributed by atoms with van der Waals surface area (Å²) in [7, 11) is 0. The summed E-state index contributed by atoms with van der Waals surface area (Å²) >= 11 is 7.60. The number of hydrogen-bond acceptors (Lipinski definition) is 0. The van der Waals surface area contributed by atoms with E-state index in [0.717, 1.165) is 10.7 Å². The predicted octanol–water partition coefficient (Wildman–Crippen LogP) is 4.36. The smallest absolute Gasteiger partial charge is 0.0233 e. The van der Waals surface area contributed by atoms with E-state index < -0.39 is 0 Å². The normalized spacial score (nSPS) is 33.8. The van der Waals surface area contributed by atoms with Crippen LogP contribution in [0.5, 0.6) is 0 Å². The highest BCUT2D eigenvalue weighted by atomic mass is 79.9. The zero-order chi connectivity index (χ0) is 9.35. The van der Waals surface area contributed by atoms with Crippen molar-refractivity contribution in [3.8, 4) is 0 Å². The molecule has 12 heavy (non-hydrogen) atoms. The molecule has 0 spiro atoms. The SMILES string of the molecule is CC(C)(C)C(Br)C1CCCC1Br. The van der Waals surface area contributed by atoms with Crippen molar-refractivity contribution in [1.82, 2.24) is 0 Å². The van der Waals surface area contributed by atoms with E-state index in [0.29, 0.717) is 10.2 Å². The highest BCUT2D eigenvalue weighted by Crippen LogP contribution is 2.43. The molecule has 0 saturated heterocycles. The average molecular weight is 298 g/mol. The highest BCUT2D eigenvalue weighted by Gasteiger charge is 2.36. The van der Waals surface area contributed by atoms with E-state index in [1.165, 1.54) is 19.3 Å². The second-order valence-corrected chi connectivity index (χ2v) is 7.04. The third-order valence-electron chi connectivity index (χ3n) is 2.69. The van der Waals surface area contributed by atoms with E-state index in [9.17, 15) is 0 Å². The van der Waals surface area contributed by atoms with Crippen molar-refractivity contribution in [1.29, 1.82) is 0 Å². The fraction of sp³-hybridized carbons (Fsp3) is 1.00. The van der Waals surface area contributed by atoms with Crippen LogP contribution in [0.2, 0.25) is 0 Å². The molecule has 3 unspecified atom stereocenters. The van der Waals surface area contributed by atoms with Crippen molar-refractivity contribution in [2.75, 3.05) is 0 Å². The van der Waals surface area contributed by atoms with Gasteiger partial charge in [-0.15, -0.1) is 0 Å². The summed E-state index contributed by atoms with van der Waals surface area (Å²) in [6, 6.07) is 0. The van der Waals surface area contributed by atoms with Gasteiger partial charge >= 0.3 is 0 Å². The molecule has 0 radical (unpaired) electrons. The van der Waals surface area contributed by atoms with Gasteiger partial charge in [-0.05, 0) is 24.2 Å². The predicted molar refractivity (Wildman–Crippen MR) is 62.2 cm³/mol. The molecule has 3 atom stereocenters. The van der Waals surface area contributed by atoms with Gasteiger partial charge in [-0.3, -0.25) is 0 Å². The first-order chi connectivity index (χ1) is 5.43. The molecule has 1 aliphatic carbocycles. The van der Waals surface area contributed by atoms with Crippen molar-refractivity contribution in [2.45, 2.75) is 49.7 Å². The van der Waals surface area contributed by atoms with Crippen LogP contribution < -0.4 is 0 Å². The van der Waals surface area contributed by atoms with Crippen LogP contribution in [0.1, 0.15) is 40.0 Å². The van der Waals surface area contributed by atoms with Crippen molar-refractivity contribution in [3.63, 3.8) is 0 Å². The third kappa shape index (κ3) is 2.47. The summed E-state index contributed by atoms with van der Waals surface area (Å²) in [6.07, 6.45) is 4.12. The monoisotopic (exact) mass is 296 g/mol. The first-order valence-electron chi connectivity index (χ1n) is 4.71. The second-order valence-electron chi connectivity index (χ2n) is 4.88. The Morgan fingerprint density at radius 3 is 2.17 bits per heavy atom. The molecule has 1 aliphatic rings. The number of rotatable bonds is 1. The lowest BCUT2D eigenvalue weighted by atomic mass is 9.84. The molecule has 72 valence electrons. The Labute approximate surface area is 92.8 Å². The summed E-state index contributed by atoms with van der Waals surface area (Å²) in [6.45, 7) is 6.93. The highest BCUT2D eigenvalue weighted by molar-refractivity contribution is 9.10. The van der Waals surface area contributed by atoms with E-state index in [1.807, 2.05) is 0 Å². The van der Waals surface area contributed by atoms with Gasteiger partial charge in [-0.1, -0.05) is 59.1 Å². The lowest BCUT2D eigenvalue weighted by molar-refractivity contribution is 0.323. The van der Waals surface area contributed by atoms with Crippen LogP contribution in [0.4, 0.5) is 0 Å². The van der Waals surface area contributed by atoms with Crippen molar-refractivity contribution >= 4 is 31.9 Å². The van der Waals surface area contributed by atoms with Gasteiger partial charge in [-0.25, -0.2) is 0 Å². The molecule has 0 aromatic rings. The van der Waals surface area contributed by atoms with Crippen LogP contribution >= 0.6 is 31.9 Å². The maximum Gasteiger partial charge on any atom is 0.0233 e. The lowest BCUT2D eigenvalue weighted by Gasteiger charge is -2.32. The second kappa shape index (κ2) is 4.00. The van der Waals surface area contributed by atoms with Gasteiger partial charge in [0.15, 0.2) is 0 Å². The van der Waals surface area contributed by atoms with Gasteiger partial charge in [-0.2, -0.15) is 0 Å². The van der Waals surface area contributed by atoms with Crippen LogP contribution in [0.3, 0.4) is 0 Å². The molecule has 1 fully saturated rings. The molecule has 0 bridgehead atoms. The summed E-state index contributed by atoms with van der Waals surface area (Å²) < 4.78 is 0. The van der Waals surface area contributed by atoms with Gasteiger partial charge in [0.25, 0.3) is 0 Å². The molecule has 0 N–H and O–H groups in total. The Morgan fingerprint density at radius 2 is 1.83 bits per heavy atom. The lowest BCUT2D eigenvalue weighted by Crippen LogP contribution is -2.30. The minimum Gasteiger partial charge on any atom is -0.0887 e. The third-order valence-corrected chi connectivity index (χ3v) is 5.87. The molecule has 0 aliphatic heterocycles. The van der Waals surface area contributed by atoms with Gasteiger partial charge in [0.1, 0.15) is 0 Å². The van der Waals surface area contributed by atoms with Crippen LogP contribution in [0, 0.1) is 11.3 Å². The summed E-state index contributed by atoms with van der Waals surface area (Å²) in [4.78, 5) is 1.39. The summed E-state index contributed by atoms with van der Waals surface area (Å²) in [5, 5.41) is 0. The zero-order valence-corrected chi connectivity index (χ0v) is 11.3. The first kappa shape index (κ1) is 11.0. The molecule has 0 aromatic carbocycles. The molecule has 0 nitrogen and oxygen atoms in total. The maximum absolute atomic E-state index is 3.84. The Morgan fingerprint density at radius 1 is 1.25 bits per heavy atom. The van der Waals surface area contributed by atoms with Crippen LogP contribution in [0.25, 0.3) is 0 Å². The molecule has 0 amide bonds. The minimum atomic E-state index is 0.390. The van der Waals surface area contributed by atoms with Crippen molar-refractivity contribution < 1.29 is 0 Å². The molecule has 2 heteroatoms. The largest absolute Gasteiger partial charge is 0.0887 e. The number of hydrogen-bond donors (Lipinski definition) is 0. The molecule has 0 aromatic heterocycles. The van der Waals surface area contributed by atoms with Crippen LogP contribution in [0.15, 0.2) is 0 Å². The van der Waals surface area contributed by atoms with Gasteiger partial charge < -0.3 is 0 Å². The summed E-state index contributed by atoms with van der Waals surface area (Å²) in [5.74, 6) is 0.824. The molecular weight excluding hydrogens is 280 g/mol. The van der Waals surface area contributed by atoms with E-state index in [-0.39, 0.29) is 0 Å². The fourth-order valence-electron chi connectivity index (χ4n) is 1.92. The summed E-state index contributed by atoms with van der Waals surface area (Å²) in [5.41, 5.74) is 0.390. The molecule has 1 rings (SSSR count). The minimum absolute atomic E-state index is 0.390. The van der Waals surface area contributed by atoms with Crippen molar-refractivity contribution in [2.24, 2.45) is 11.3 Å². The Bertz CT molecular complexity index is 148. The van der Waals surface area contributed by atoms with Gasteiger partial charge in [0, 0.05) is 9.65 Å². The van der Waals surface area contributed by atoms with Crippen LogP contribution in [-0.4, -0.2) is 9.65 Å². The Balaban J connectivity index is 2.57. The number of halogens is 2. The molecule has 1 saturated carbocycles. The average Bonchev–Trinajstić information content (AvgIpc) is 2.31.